The maximum atomic E-state index is 5.23. The molecule has 0 saturated carbocycles. The van der Waals surface area contributed by atoms with E-state index in [2.05, 4.69) is 0 Å². The molecule has 0 rings (SSSR count). The number of rotatable bonds is 8. The maximum Gasteiger partial charge on any atom is 0.528 e. The predicted octanol–water partition coefficient (Wildman–Crippen LogP) is 0.377. The molecule has 0 N–H and O–H groups in total. The van der Waals surface area contributed by atoms with Gasteiger partial charge in [-0.1, -0.05) is 0 Å². The maximum absolute atomic E-state index is 5.23. The molecular formula is C8H20O6Si2. The van der Waals surface area contributed by atoms with Gasteiger partial charge in [-0.2, -0.15) is 0 Å². The fourth-order valence-electron chi connectivity index (χ4n) is 1.11. The Kier molecular flexibility index (Phi) is 7.27. The van der Waals surface area contributed by atoms with Crippen LogP contribution in [0.2, 0.25) is 0 Å². The van der Waals surface area contributed by atoms with Crippen LogP contribution in [-0.4, -0.2) is 60.3 Å². The van der Waals surface area contributed by atoms with Crippen molar-refractivity contribution in [2.24, 2.45) is 0 Å². The van der Waals surface area contributed by atoms with E-state index in [-0.39, 0.29) is 0 Å². The lowest BCUT2D eigenvalue weighted by molar-refractivity contribution is 0.132. The van der Waals surface area contributed by atoms with Crippen LogP contribution in [0.4, 0.5) is 0 Å². The van der Waals surface area contributed by atoms with Crippen LogP contribution >= 0.6 is 0 Å². The Morgan fingerprint density at radius 1 is 0.500 bits per heavy atom. The van der Waals surface area contributed by atoms with E-state index in [1.54, 1.807) is 11.4 Å². The van der Waals surface area contributed by atoms with Crippen molar-refractivity contribution in [2.75, 3.05) is 42.7 Å². The number of hydrogen-bond donors (Lipinski definition) is 0. The van der Waals surface area contributed by atoms with Crippen LogP contribution in [0.1, 0.15) is 0 Å². The van der Waals surface area contributed by atoms with Crippen LogP contribution in [0.5, 0.6) is 0 Å². The van der Waals surface area contributed by atoms with Crippen molar-refractivity contribution in [1.29, 1.82) is 0 Å². The summed E-state index contributed by atoms with van der Waals surface area (Å²) in [6.45, 7) is 0. The highest BCUT2D eigenvalue weighted by Gasteiger charge is 2.40. The van der Waals surface area contributed by atoms with E-state index in [0.29, 0.717) is 0 Å². The zero-order valence-electron chi connectivity index (χ0n) is 10.6. The summed E-state index contributed by atoms with van der Waals surface area (Å²) in [5.74, 6) is 0. The largest absolute Gasteiger partial charge is 0.528 e. The predicted molar refractivity (Wildman–Crippen MR) is 62.7 cm³/mol. The molecular weight excluding hydrogens is 248 g/mol. The van der Waals surface area contributed by atoms with Gasteiger partial charge in [0, 0.05) is 42.7 Å². The Morgan fingerprint density at radius 3 is 0.812 bits per heavy atom. The Bertz CT molecular complexity index is 176. The molecule has 0 radical (unpaired) electrons. The minimum Gasteiger partial charge on any atom is -0.374 e. The van der Waals surface area contributed by atoms with Gasteiger partial charge in [0.15, 0.2) is 0 Å². The Labute approximate surface area is 98.8 Å². The molecule has 0 unspecified atom stereocenters. The van der Waals surface area contributed by atoms with Gasteiger partial charge in [-0.15, -0.1) is 0 Å². The van der Waals surface area contributed by atoms with E-state index >= 15 is 0 Å². The zero-order valence-corrected chi connectivity index (χ0v) is 12.6. The summed E-state index contributed by atoms with van der Waals surface area (Å²) in [5, 5.41) is 0. The second-order valence-electron chi connectivity index (χ2n) is 2.77. The lowest BCUT2D eigenvalue weighted by Gasteiger charge is -2.24. The molecule has 0 bridgehead atoms. The molecule has 6 nitrogen and oxygen atoms in total. The standard InChI is InChI=1S/C8H20O6Si2/c1-9-15(10-2,11-3)7-8-16(12-4,13-5)14-6/h7-8H,1-6H3. The topological polar surface area (TPSA) is 55.4 Å². The molecule has 96 valence electrons. The van der Waals surface area contributed by atoms with E-state index in [4.69, 9.17) is 26.6 Å². The first kappa shape index (κ1) is 15.9. The highest BCUT2D eigenvalue weighted by molar-refractivity contribution is 6.72. The summed E-state index contributed by atoms with van der Waals surface area (Å²) in [7, 11) is 3.64. The van der Waals surface area contributed by atoms with E-state index in [0.717, 1.165) is 0 Å². The highest BCUT2D eigenvalue weighted by atomic mass is 28.4. The van der Waals surface area contributed by atoms with E-state index in [1.165, 1.54) is 42.7 Å². The quantitative estimate of drug-likeness (QED) is 0.593. The summed E-state index contributed by atoms with van der Waals surface area (Å²) in [6.07, 6.45) is 0. The SMILES string of the molecule is CO[Si](C=C[Si](OC)(OC)OC)(OC)OC. The lowest BCUT2D eigenvalue weighted by Crippen LogP contribution is -2.45. The first-order valence-electron chi connectivity index (χ1n) is 4.58. The minimum absolute atomic E-state index is 1.53. The zero-order chi connectivity index (χ0) is 12.7. The first-order valence-corrected chi connectivity index (χ1v) is 8.19. The van der Waals surface area contributed by atoms with Crippen molar-refractivity contribution in [3.05, 3.63) is 11.4 Å². The third-order valence-corrected chi connectivity index (χ3v) is 7.10. The molecule has 0 atom stereocenters. The van der Waals surface area contributed by atoms with Gasteiger partial charge in [-0.3, -0.25) is 0 Å². The van der Waals surface area contributed by atoms with E-state index < -0.39 is 17.6 Å². The molecule has 0 aromatic carbocycles. The Hall–Kier alpha value is -0.0662. The molecule has 0 fully saturated rings. The van der Waals surface area contributed by atoms with Crippen molar-refractivity contribution in [2.45, 2.75) is 0 Å². The summed E-state index contributed by atoms with van der Waals surface area (Å²) >= 11 is 0. The van der Waals surface area contributed by atoms with Crippen LogP contribution in [-0.2, 0) is 26.6 Å². The molecule has 0 heterocycles. The smallest absolute Gasteiger partial charge is 0.374 e. The molecule has 16 heavy (non-hydrogen) atoms. The van der Waals surface area contributed by atoms with Gasteiger partial charge in [0.25, 0.3) is 0 Å². The summed E-state index contributed by atoms with van der Waals surface area (Å²) in [6, 6.07) is 0. The van der Waals surface area contributed by atoms with E-state index in [9.17, 15) is 0 Å². The third kappa shape index (κ3) is 3.75. The van der Waals surface area contributed by atoms with Gasteiger partial charge in [-0.05, 0) is 11.4 Å². The van der Waals surface area contributed by atoms with Crippen molar-refractivity contribution in [1.82, 2.24) is 0 Å². The van der Waals surface area contributed by atoms with Gasteiger partial charge in [0.2, 0.25) is 0 Å². The van der Waals surface area contributed by atoms with Crippen molar-refractivity contribution in [3.63, 3.8) is 0 Å². The third-order valence-electron chi connectivity index (χ3n) is 2.20. The second-order valence-corrected chi connectivity index (χ2v) is 8.30. The Balaban J connectivity index is 4.88. The summed E-state index contributed by atoms with van der Waals surface area (Å²) < 4.78 is 31.4. The molecule has 0 saturated heterocycles. The Morgan fingerprint density at radius 2 is 0.688 bits per heavy atom. The van der Waals surface area contributed by atoms with Gasteiger partial charge in [0.05, 0.1) is 0 Å². The van der Waals surface area contributed by atoms with Crippen LogP contribution in [0, 0.1) is 0 Å². The minimum atomic E-state index is -2.76. The van der Waals surface area contributed by atoms with Gasteiger partial charge < -0.3 is 26.6 Å². The molecule has 0 aliphatic carbocycles. The van der Waals surface area contributed by atoms with Crippen LogP contribution in [0.3, 0.4) is 0 Å². The van der Waals surface area contributed by atoms with Crippen molar-refractivity contribution in [3.8, 4) is 0 Å². The molecule has 0 aliphatic rings. The van der Waals surface area contributed by atoms with Gasteiger partial charge in [-0.25, -0.2) is 0 Å². The molecule has 0 aromatic heterocycles. The molecule has 8 heteroatoms. The highest BCUT2D eigenvalue weighted by Crippen LogP contribution is 2.13. The molecule has 0 aromatic rings. The number of hydrogen-bond acceptors (Lipinski definition) is 6. The van der Waals surface area contributed by atoms with Crippen molar-refractivity contribution < 1.29 is 26.6 Å². The van der Waals surface area contributed by atoms with E-state index in [1.807, 2.05) is 0 Å². The van der Waals surface area contributed by atoms with Crippen LogP contribution < -0.4 is 0 Å². The average molecular weight is 268 g/mol. The molecule has 0 amide bonds. The first-order chi connectivity index (χ1) is 7.57. The average Bonchev–Trinajstić information content (AvgIpc) is 2.37. The fraction of sp³-hybridized carbons (Fsp3) is 0.750. The van der Waals surface area contributed by atoms with Gasteiger partial charge in [0.1, 0.15) is 0 Å². The van der Waals surface area contributed by atoms with Crippen molar-refractivity contribution >= 4 is 17.6 Å². The van der Waals surface area contributed by atoms with Crippen LogP contribution in [0.25, 0.3) is 0 Å². The fourth-order valence-corrected chi connectivity index (χ4v) is 4.56. The molecule has 0 aliphatic heterocycles. The monoisotopic (exact) mass is 268 g/mol. The lowest BCUT2D eigenvalue weighted by atomic mass is 11.2. The summed E-state index contributed by atoms with van der Waals surface area (Å²) in [5.41, 5.74) is 3.38. The summed E-state index contributed by atoms with van der Waals surface area (Å²) in [4.78, 5) is 0. The van der Waals surface area contributed by atoms with Crippen LogP contribution in [0.15, 0.2) is 11.4 Å². The normalized spacial score (nSPS) is 13.6. The molecule has 0 spiro atoms. The second kappa shape index (κ2) is 7.30. The van der Waals surface area contributed by atoms with Gasteiger partial charge >= 0.3 is 17.6 Å².